The quantitative estimate of drug-likeness (QED) is 0.727. The molecule has 1 aromatic carbocycles. The second-order valence-electron chi connectivity index (χ2n) is 1.87. The molecule has 0 radical (unpaired) electrons. The molecule has 1 nitrogen and oxygen atoms in total. The molecule has 11 heavy (non-hydrogen) atoms. The Balaban J connectivity index is 0.000001000. The van der Waals surface area contributed by atoms with E-state index < -0.39 is 0 Å². The predicted molar refractivity (Wildman–Crippen MR) is 48.2 cm³/mol. The summed E-state index contributed by atoms with van der Waals surface area (Å²) >= 11 is 5.51. The van der Waals surface area contributed by atoms with Crippen molar-refractivity contribution in [1.82, 2.24) is 0 Å². The van der Waals surface area contributed by atoms with Crippen LogP contribution in [0.2, 0.25) is 5.02 Å². The Morgan fingerprint density at radius 1 is 1.45 bits per heavy atom. The standard InChI is InChI=1S/C7H7ClFN.ClH/c1-10-7-3-2-5(8)4-6(7)9;/h2-4,10H,1H3;1H. The normalized spacial score (nSPS) is 8.64. The van der Waals surface area contributed by atoms with Crippen LogP contribution < -0.4 is 5.32 Å². The van der Waals surface area contributed by atoms with Crippen LogP contribution in [0.5, 0.6) is 0 Å². The molecule has 1 N–H and O–H groups in total. The highest BCUT2D eigenvalue weighted by Gasteiger charge is 1.98. The summed E-state index contributed by atoms with van der Waals surface area (Å²) in [6, 6.07) is 4.50. The highest BCUT2D eigenvalue weighted by Crippen LogP contribution is 2.17. The highest BCUT2D eigenvalue weighted by atomic mass is 35.5. The lowest BCUT2D eigenvalue weighted by molar-refractivity contribution is 0.631. The van der Waals surface area contributed by atoms with Crippen LogP contribution in [-0.2, 0) is 0 Å². The van der Waals surface area contributed by atoms with Crippen molar-refractivity contribution in [3.8, 4) is 0 Å². The van der Waals surface area contributed by atoms with Crippen LogP contribution in [0.1, 0.15) is 0 Å². The van der Waals surface area contributed by atoms with Crippen molar-refractivity contribution < 1.29 is 4.39 Å². The zero-order valence-corrected chi connectivity index (χ0v) is 7.47. The van der Waals surface area contributed by atoms with E-state index in [9.17, 15) is 4.39 Å². The van der Waals surface area contributed by atoms with Crippen LogP contribution in [0.3, 0.4) is 0 Å². The average Bonchev–Trinajstić information content (AvgIpc) is 1.88. The van der Waals surface area contributed by atoms with Crippen LogP contribution in [-0.4, -0.2) is 7.05 Å². The van der Waals surface area contributed by atoms with E-state index in [0.717, 1.165) is 0 Å². The largest absolute Gasteiger partial charge is 0.386 e. The number of benzene rings is 1. The van der Waals surface area contributed by atoms with Gasteiger partial charge < -0.3 is 5.32 Å². The van der Waals surface area contributed by atoms with Gasteiger partial charge in [0.05, 0.1) is 5.69 Å². The Kier molecular flexibility index (Phi) is 4.23. The SMILES string of the molecule is CNc1ccc(Cl)cc1F.Cl. The molecule has 0 heterocycles. The maximum atomic E-state index is 12.7. The zero-order valence-electron chi connectivity index (χ0n) is 5.90. The third-order valence-corrected chi connectivity index (χ3v) is 1.44. The van der Waals surface area contributed by atoms with Gasteiger partial charge in [-0.05, 0) is 18.2 Å². The van der Waals surface area contributed by atoms with Gasteiger partial charge in [-0.1, -0.05) is 11.6 Å². The van der Waals surface area contributed by atoms with E-state index in [1.165, 1.54) is 6.07 Å². The minimum absolute atomic E-state index is 0. The van der Waals surface area contributed by atoms with Crippen molar-refractivity contribution in [2.45, 2.75) is 0 Å². The third-order valence-electron chi connectivity index (χ3n) is 1.20. The number of hydrogen-bond donors (Lipinski definition) is 1. The summed E-state index contributed by atoms with van der Waals surface area (Å²) in [5.41, 5.74) is 0.462. The van der Waals surface area contributed by atoms with Crippen molar-refractivity contribution in [3.63, 3.8) is 0 Å². The Morgan fingerprint density at radius 2 is 2.09 bits per heavy atom. The third kappa shape index (κ3) is 2.56. The summed E-state index contributed by atoms with van der Waals surface area (Å²) in [6.45, 7) is 0. The van der Waals surface area contributed by atoms with Crippen LogP contribution >= 0.6 is 24.0 Å². The lowest BCUT2D eigenvalue weighted by Crippen LogP contribution is -1.90. The van der Waals surface area contributed by atoms with E-state index in [4.69, 9.17) is 11.6 Å². The van der Waals surface area contributed by atoms with Crippen molar-refractivity contribution in [2.24, 2.45) is 0 Å². The fourth-order valence-corrected chi connectivity index (χ4v) is 0.851. The van der Waals surface area contributed by atoms with Gasteiger partial charge in [0.25, 0.3) is 0 Å². The maximum absolute atomic E-state index is 12.7. The number of nitrogens with one attached hydrogen (secondary N) is 1. The zero-order chi connectivity index (χ0) is 7.56. The first-order valence-corrected chi connectivity index (χ1v) is 3.24. The molecular formula is C7H8Cl2FN. The minimum atomic E-state index is -0.324. The van der Waals surface area contributed by atoms with E-state index in [2.05, 4.69) is 5.32 Å². The predicted octanol–water partition coefficient (Wildman–Crippen LogP) is 2.94. The lowest BCUT2D eigenvalue weighted by atomic mass is 10.3. The van der Waals surface area contributed by atoms with Gasteiger partial charge >= 0.3 is 0 Å². The molecule has 0 bridgehead atoms. The average molecular weight is 196 g/mol. The molecule has 0 aromatic heterocycles. The van der Waals surface area contributed by atoms with E-state index in [1.807, 2.05) is 0 Å². The molecule has 0 spiro atoms. The van der Waals surface area contributed by atoms with Crippen LogP contribution in [0.15, 0.2) is 18.2 Å². The molecule has 0 saturated heterocycles. The Morgan fingerprint density at radius 3 is 2.55 bits per heavy atom. The minimum Gasteiger partial charge on any atom is -0.386 e. The van der Waals surface area contributed by atoms with Crippen LogP contribution in [0, 0.1) is 5.82 Å². The molecule has 0 fully saturated rings. The van der Waals surface area contributed by atoms with Crippen molar-refractivity contribution in [2.75, 3.05) is 12.4 Å². The molecule has 0 amide bonds. The van der Waals surface area contributed by atoms with Gasteiger partial charge in [0.1, 0.15) is 5.82 Å². The molecule has 4 heteroatoms. The monoisotopic (exact) mass is 195 g/mol. The van der Waals surface area contributed by atoms with Gasteiger partial charge in [-0.2, -0.15) is 0 Å². The number of rotatable bonds is 1. The van der Waals surface area contributed by atoms with E-state index >= 15 is 0 Å². The van der Waals surface area contributed by atoms with Crippen LogP contribution in [0.25, 0.3) is 0 Å². The van der Waals surface area contributed by atoms with Crippen LogP contribution in [0.4, 0.5) is 10.1 Å². The Hall–Kier alpha value is -0.470. The summed E-state index contributed by atoms with van der Waals surface area (Å²) in [4.78, 5) is 0. The van der Waals surface area contributed by atoms with Gasteiger partial charge in [0.15, 0.2) is 0 Å². The Bertz CT molecular complexity index is 240. The summed E-state index contributed by atoms with van der Waals surface area (Å²) in [7, 11) is 1.66. The van der Waals surface area contributed by atoms with Crippen molar-refractivity contribution >= 4 is 29.7 Å². The highest BCUT2D eigenvalue weighted by molar-refractivity contribution is 6.30. The summed E-state index contributed by atoms with van der Waals surface area (Å²) in [6.07, 6.45) is 0. The first-order valence-electron chi connectivity index (χ1n) is 2.87. The van der Waals surface area contributed by atoms with Gasteiger partial charge in [0.2, 0.25) is 0 Å². The topological polar surface area (TPSA) is 12.0 Å². The first-order chi connectivity index (χ1) is 4.74. The summed E-state index contributed by atoms with van der Waals surface area (Å²) in [5.74, 6) is -0.324. The van der Waals surface area contributed by atoms with Gasteiger partial charge in [-0.3, -0.25) is 0 Å². The van der Waals surface area contributed by atoms with Gasteiger partial charge in [0, 0.05) is 12.1 Å². The lowest BCUT2D eigenvalue weighted by Gasteiger charge is -2.00. The molecule has 0 aliphatic rings. The molecule has 62 valence electrons. The molecule has 0 saturated carbocycles. The summed E-state index contributed by atoms with van der Waals surface area (Å²) in [5, 5.41) is 3.10. The molecule has 0 aliphatic heterocycles. The van der Waals surface area contributed by atoms with E-state index in [0.29, 0.717) is 10.7 Å². The molecular weight excluding hydrogens is 188 g/mol. The van der Waals surface area contributed by atoms with E-state index in [1.54, 1.807) is 19.2 Å². The molecule has 1 rings (SSSR count). The number of hydrogen-bond acceptors (Lipinski definition) is 1. The fraction of sp³-hybridized carbons (Fsp3) is 0.143. The van der Waals surface area contributed by atoms with Gasteiger partial charge in [-0.25, -0.2) is 4.39 Å². The first kappa shape index (κ1) is 10.5. The summed E-state index contributed by atoms with van der Waals surface area (Å²) < 4.78 is 12.7. The Labute approximate surface area is 76.0 Å². The van der Waals surface area contributed by atoms with Crippen molar-refractivity contribution in [1.29, 1.82) is 0 Å². The second-order valence-corrected chi connectivity index (χ2v) is 2.31. The second kappa shape index (κ2) is 4.42. The van der Waals surface area contributed by atoms with Crippen molar-refractivity contribution in [3.05, 3.63) is 29.0 Å². The smallest absolute Gasteiger partial charge is 0.147 e. The van der Waals surface area contributed by atoms with E-state index in [-0.39, 0.29) is 18.2 Å². The van der Waals surface area contributed by atoms with Gasteiger partial charge in [-0.15, -0.1) is 12.4 Å². The number of halogens is 3. The molecule has 0 aliphatic carbocycles. The molecule has 1 aromatic rings. The number of anilines is 1. The molecule has 0 unspecified atom stereocenters. The maximum Gasteiger partial charge on any atom is 0.147 e. The molecule has 0 atom stereocenters. The fourth-order valence-electron chi connectivity index (χ4n) is 0.692.